The van der Waals surface area contributed by atoms with E-state index in [1.54, 1.807) is 42.2 Å². The highest BCUT2D eigenvalue weighted by Crippen LogP contribution is 2.23. The second kappa shape index (κ2) is 7.28. The molecule has 26 heavy (non-hydrogen) atoms. The van der Waals surface area contributed by atoms with Crippen molar-refractivity contribution in [1.82, 2.24) is 14.5 Å². The number of amides is 1. The van der Waals surface area contributed by atoms with E-state index in [0.29, 0.717) is 17.8 Å². The standard InChI is InChI=1S/C17H21N5O3S/c1-3-4-8-13(17(23)19-15-10-11-22(2)20-15)18-16-12-7-5-6-9-14(12)26(24,25)21-16/h5-7,9-11,13H,3-4,8H2,1-2H3,(H,18,21)(H,19,20,23)/t13-/m0/s1. The van der Waals surface area contributed by atoms with Gasteiger partial charge in [-0.15, -0.1) is 0 Å². The van der Waals surface area contributed by atoms with Crippen LogP contribution in [0.2, 0.25) is 0 Å². The lowest BCUT2D eigenvalue weighted by Gasteiger charge is -2.12. The Kier molecular flexibility index (Phi) is 5.08. The van der Waals surface area contributed by atoms with Crippen LogP contribution >= 0.6 is 0 Å². The molecule has 9 heteroatoms. The molecule has 2 aromatic rings. The van der Waals surface area contributed by atoms with Crippen molar-refractivity contribution in [2.24, 2.45) is 12.0 Å². The van der Waals surface area contributed by atoms with Crippen molar-refractivity contribution in [3.63, 3.8) is 0 Å². The fraction of sp³-hybridized carbons (Fsp3) is 0.353. The Balaban J connectivity index is 1.89. The first-order valence-electron chi connectivity index (χ1n) is 8.41. The summed E-state index contributed by atoms with van der Waals surface area (Å²) in [6.07, 6.45) is 3.94. The van der Waals surface area contributed by atoms with E-state index in [1.807, 2.05) is 6.92 Å². The molecule has 1 aromatic carbocycles. The Morgan fingerprint density at radius 1 is 1.35 bits per heavy atom. The number of hydrogen-bond donors (Lipinski definition) is 2. The third-order valence-corrected chi connectivity index (χ3v) is 5.44. The molecule has 0 saturated heterocycles. The number of nitrogens with zero attached hydrogens (tertiary/aromatic N) is 3. The van der Waals surface area contributed by atoms with Gasteiger partial charge in [0, 0.05) is 24.9 Å². The topological polar surface area (TPSA) is 105 Å². The number of aliphatic imine (C=N–C) groups is 1. The van der Waals surface area contributed by atoms with Crippen LogP contribution in [0, 0.1) is 0 Å². The van der Waals surface area contributed by atoms with Crippen LogP contribution in [0.4, 0.5) is 5.82 Å². The minimum absolute atomic E-state index is 0.179. The van der Waals surface area contributed by atoms with Gasteiger partial charge in [0.25, 0.3) is 10.0 Å². The number of benzene rings is 1. The second-order valence-electron chi connectivity index (χ2n) is 6.10. The summed E-state index contributed by atoms with van der Waals surface area (Å²) in [6, 6.07) is 7.58. The number of rotatable bonds is 6. The van der Waals surface area contributed by atoms with Crippen LogP contribution in [0.1, 0.15) is 31.7 Å². The number of sulfonamides is 1. The van der Waals surface area contributed by atoms with Crippen LogP contribution in [0.5, 0.6) is 0 Å². The fourth-order valence-corrected chi connectivity index (χ4v) is 3.97. The average Bonchev–Trinajstić information content (AvgIpc) is 3.12. The molecule has 1 aliphatic heterocycles. The van der Waals surface area contributed by atoms with Crippen LogP contribution in [0.15, 0.2) is 46.4 Å². The van der Waals surface area contributed by atoms with E-state index < -0.39 is 16.1 Å². The Morgan fingerprint density at radius 3 is 2.81 bits per heavy atom. The first kappa shape index (κ1) is 18.1. The molecule has 0 aliphatic carbocycles. The molecule has 0 saturated carbocycles. The summed E-state index contributed by atoms with van der Waals surface area (Å²) in [5.74, 6) is 0.331. The molecule has 3 rings (SSSR count). The maximum absolute atomic E-state index is 12.6. The third-order valence-electron chi connectivity index (χ3n) is 4.05. The zero-order valence-corrected chi connectivity index (χ0v) is 15.5. The monoisotopic (exact) mass is 375 g/mol. The number of nitrogens with one attached hydrogen (secondary N) is 2. The predicted molar refractivity (Wildman–Crippen MR) is 98.5 cm³/mol. The number of hydrogen-bond acceptors (Lipinski definition) is 5. The number of unbranched alkanes of at least 4 members (excludes halogenated alkanes) is 1. The summed E-state index contributed by atoms with van der Waals surface area (Å²) in [6.45, 7) is 2.02. The van der Waals surface area contributed by atoms with Crippen LogP contribution in [0.3, 0.4) is 0 Å². The summed E-state index contributed by atoms with van der Waals surface area (Å²) in [4.78, 5) is 17.3. The zero-order valence-electron chi connectivity index (χ0n) is 14.6. The molecule has 2 heterocycles. The lowest BCUT2D eigenvalue weighted by Crippen LogP contribution is -2.31. The van der Waals surface area contributed by atoms with E-state index in [-0.39, 0.29) is 16.6 Å². The molecule has 0 fully saturated rings. The van der Waals surface area contributed by atoms with Gasteiger partial charge in [-0.25, -0.2) is 8.42 Å². The highest BCUT2D eigenvalue weighted by atomic mass is 32.2. The molecular weight excluding hydrogens is 354 g/mol. The van der Waals surface area contributed by atoms with E-state index >= 15 is 0 Å². The zero-order chi connectivity index (χ0) is 18.7. The van der Waals surface area contributed by atoms with E-state index in [9.17, 15) is 13.2 Å². The Bertz CT molecular complexity index is 949. The molecule has 1 atom stereocenters. The second-order valence-corrected chi connectivity index (χ2v) is 7.75. The number of amidine groups is 1. The maximum Gasteiger partial charge on any atom is 0.263 e. The van der Waals surface area contributed by atoms with Crippen molar-refractivity contribution in [3.05, 3.63) is 42.1 Å². The maximum atomic E-state index is 12.6. The lowest BCUT2D eigenvalue weighted by atomic mass is 10.1. The largest absolute Gasteiger partial charge is 0.307 e. The van der Waals surface area contributed by atoms with Gasteiger partial charge in [0.15, 0.2) is 5.82 Å². The molecule has 8 nitrogen and oxygen atoms in total. The van der Waals surface area contributed by atoms with Crippen molar-refractivity contribution >= 4 is 27.6 Å². The SMILES string of the molecule is CCCC[C@H](N=C1NS(=O)(=O)c2ccccc21)C(=O)Nc1ccn(C)n1. The number of anilines is 1. The third kappa shape index (κ3) is 3.77. The average molecular weight is 375 g/mol. The van der Waals surface area contributed by atoms with E-state index in [1.165, 1.54) is 6.07 Å². The molecule has 0 radical (unpaired) electrons. The van der Waals surface area contributed by atoms with Gasteiger partial charge in [0.1, 0.15) is 11.9 Å². The molecule has 1 amide bonds. The van der Waals surface area contributed by atoms with Gasteiger partial charge in [-0.05, 0) is 18.6 Å². The van der Waals surface area contributed by atoms with E-state index in [4.69, 9.17) is 0 Å². The summed E-state index contributed by atoms with van der Waals surface area (Å²) in [5.41, 5.74) is 0.486. The van der Waals surface area contributed by atoms with E-state index in [0.717, 1.165) is 12.8 Å². The van der Waals surface area contributed by atoms with Crippen molar-refractivity contribution in [2.75, 3.05) is 5.32 Å². The minimum atomic E-state index is -3.63. The summed E-state index contributed by atoms with van der Waals surface area (Å²) in [7, 11) is -1.87. The molecule has 0 bridgehead atoms. The lowest BCUT2D eigenvalue weighted by molar-refractivity contribution is -0.117. The highest BCUT2D eigenvalue weighted by Gasteiger charge is 2.31. The minimum Gasteiger partial charge on any atom is -0.307 e. The summed E-state index contributed by atoms with van der Waals surface area (Å²) < 4.78 is 28.5. The van der Waals surface area contributed by atoms with Gasteiger partial charge in [-0.3, -0.25) is 19.2 Å². The van der Waals surface area contributed by atoms with Gasteiger partial charge in [0.05, 0.1) is 4.90 Å². The van der Waals surface area contributed by atoms with Gasteiger partial charge in [-0.2, -0.15) is 5.10 Å². The van der Waals surface area contributed by atoms with Crippen molar-refractivity contribution in [1.29, 1.82) is 0 Å². The molecule has 1 aliphatic rings. The van der Waals surface area contributed by atoms with Crippen LogP contribution < -0.4 is 10.0 Å². The molecule has 2 N–H and O–H groups in total. The van der Waals surface area contributed by atoms with Gasteiger partial charge < -0.3 is 5.32 Å². The van der Waals surface area contributed by atoms with Crippen LogP contribution in [0.25, 0.3) is 0 Å². The highest BCUT2D eigenvalue weighted by molar-refractivity contribution is 7.90. The Hall–Kier alpha value is -2.68. The first-order valence-corrected chi connectivity index (χ1v) is 9.89. The molecule has 1 aromatic heterocycles. The van der Waals surface area contributed by atoms with Crippen LogP contribution in [-0.2, 0) is 21.9 Å². The summed E-state index contributed by atoms with van der Waals surface area (Å²) in [5, 5.41) is 6.86. The van der Waals surface area contributed by atoms with Crippen LogP contribution in [-0.4, -0.2) is 36.0 Å². The molecule has 138 valence electrons. The van der Waals surface area contributed by atoms with Gasteiger partial charge in [-0.1, -0.05) is 31.9 Å². The smallest absolute Gasteiger partial charge is 0.263 e. The van der Waals surface area contributed by atoms with Crippen molar-refractivity contribution < 1.29 is 13.2 Å². The fourth-order valence-electron chi connectivity index (χ4n) is 2.73. The normalized spacial score (nSPS) is 17.5. The molecule has 0 unspecified atom stereocenters. The number of aromatic nitrogens is 2. The van der Waals surface area contributed by atoms with Crippen molar-refractivity contribution in [2.45, 2.75) is 37.1 Å². The molecular formula is C17H21N5O3S. The number of carbonyl (C=O) groups excluding carboxylic acids is 1. The first-order chi connectivity index (χ1) is 12.4. The number of fused-ring (bicyclic) bond motifs is 1. The van der Waals surface area contributed by atoms with Crippen molar-refractivity contribution in [3.8, 4) is 0 Å². The van der Waals surface area contributed by atoms with Gasteiger partial charge in [0.2, 0.25) is 5.91 Å². The number of carbonyl (C=O) groups is 1. The Labute approximate surface area is 152 Å². The van der Waals surface area contributed by atoms with E-state index in [2.05, 4.69) is 20.1 Å². The number of aryl methyl sites for hydroxylation is 1. The summed E-state index contributed by atoms with van der Waals surface area (Å²) >= 11 is 0. The molecule has 0 spiro atoms. The quantitative estimate of drug-likeness (QED) is 0.801. The Morgan fingerprint density at radius 2 is 2.12 bits per heavy atom. The van der Waals surface area contributed by atoms with Gasteiger partial charge >= 0.3 is 0 Å². The predicted octanol–water partition coefficient (Wildman–Crippen LogP) is 1.66.